The molecule has 0 aromatic heterocycles. The number of carbonyl (C=O) groups is 1. The fourth-order valence-electron chi connectivity index (χ4n) is 2.87. The number of halogens is 4. The molecule has 0 fully saturated rings. The molecule has 0 atom stereocenters. The van der Waals surface area contributed by atoms with E-state index in [9.17, 15) is 10.1 Å². The predicted octanol–water partition coefficient (Wildman–Crippen LogP) is 7.93. The van der Waals surface area contributed by atoms with E-state index in [4.69, 9.17) is 44.3 Å². The first kappa shape index (κ1) is 25.9. The summed E-state index contributed by atoms with van der Waals surface area (Å²) >= 11 is 21.4. The summed E-state index contributed by atoms with van der Waals surface area (Å²) in [7, 11) is 0. The van der Waals surface area contributed by atoms with E-state index >= 15 is 0 Å². The van der Waals surface area contributed by atoms with E-state index < -0.39 is 5.91 Å². The molecule has 0 unspecified atom stereocenters. The number of ether oxygens (including phenoxy) is 2. The summed E-state index contributed by atoms with van der Waals surface area (Å²) in [6, 6.07) is 17.2. The number of amides is 1. The summed E-state index contributed by atoms with van der Waals surface area (Å²) in [6.45, 7) is 2.49. The SMILES string of the molecule is CCOc1cc(/C=C(\C#N)C(=O)Nc2ccc(Cl)cc2)c(Br)cc1OCc1ccc(Cl)c(Cl)c1. The van der Waals surface area contributed by atoms with Gasteiger partial charge in [-0.05, 0) is 72.7 Å². The lowest BCUT2D eigenvalue weighted by Crippen LogP contribution is -2.13. The monoisotopic (exact) mass is 578 g/mol. The maximum absolute atomic E-state index is 12.6. The van der Waals surface area contributed by atoms with Crippen molar-refractivity contribution in [2.45, 2.75) is 13.5 Å². The van der Waals surface area contributed by atoms with Gasteiger partial charge in [0.2, 0.25) is 0 Å². The van der Waals surface area contributed by atoms with Crippen LogP contribution < -0.4 is 14.8 Å². The number of hydrogen-bond donors (Lipinski definition) is 1. The summed E-state index contributed by atoms with van der Waals surface area (Å²) in [5.41, 5.74) is 1.86. The van der Waals surface area contributed by atoms with E-state index in [-0.39, 0.29) is 12.2 Å². The lowest BCUT2D eigenvalue weighted by molar-refractivity contribution is -0.112. The third-order valence-corrected chi connectivity index (χ3v) is 6.19. The summed E-state index contributed by atoms with van der Waals surface area (Å²) in [4.78, 5) is 12.6. The van der Waals surface area contributed by atoms with Gasteiger partial charge in [0.25, 0.3) is 5.91 Å². The van der Waals surface area contributed by atoms with Crippen LogP contribution in [-0.2, 0) is 11.4 Å². The highest BCUT2D eigenvalue weighted by atomic mass is 79.9. The van der Waals surface area contributed by atoms with Crippen molar-refractivity contribution in [3.63, 3.8) is 0 Å². The molecule has 174 valence electrons. The second kappa shape index (κ2) is 12.1. The second-order valence-corrected chi connectivity index (χ2v) is 9.03. The van der Waals surface area contributed by atoms with E-state index in [1.165, 1.54) is 6.08 Å². The molecule has 1 amide bonds. The standard InChI is InChI=1S/C25H18BrCl3N2O3/c1-2-33-23-11-16(10-17(13-30)25(32)31-19-6-4-18(27)5-7-19)20(26)12-24(23)34-14-15-3-8-21(28)22(29)9-15/h3-12H,2,14H2,1H3,(H,31,32)/b17-10+. The molecule has 1 N–H and O–H groups in total. The molecule has 0 aliphatic heterocycles. The van der Waals surface area contributed by atoms with Gasteiger partial charge in [-0.1, -0.05) is 56.8 Å². The maximum Gasteiger partial charge on any atom is 0.266 e. The van der Waals surface area contributed by atoms with Crippen molar-refractivity contribution in [1.82, 2.24) is 0 Å². The number of nitriles is 1. The van der Waals surface area contributed by atoms with Gasteiger partial charge in [0.15, 0.2) is 11.5 Å². The Morgan fingerprint density at radius 1 is 1.03 bits per heavy atom. The lowest BCUT2D eigenvalue weighted by atomic mass is 10.1. The van der Waals surface area contributed by atoms with Crippen LogP contribution in [0, 0.1) is 11.3 Å². The molecule has 0 bridgehead atoms. The zero-order valence-corrected chi connectivity index (χ0v) is 21.7. The van der Waals surface area contributed by atoms with Crippen LogP contribution in [0.3, 0.4) is 0 Å². The third kappa shape index (κ3) is 6.91. The van der Waals surface area contributed by atoms with Gasteiger partial charge in [-0.2, -0.15) is 5.26 Å². The van der Waals surface area contributed by atoms with Gasteiger partial charge in [0, 0.05) is 15.2 Å². The van der Waals surface area contributed by atoms with Crippen molar-refractivity contribution in [2.24, 2.45) is 0 Å². The number of benzene rings is 3. The highest BCUT2D eigenvalue weighted by molar-refractivity contribution is 9.10. The third-order valence-electron chi connectivity index (χ3n) is 4.51. The number of carbonyl (C=O) groups excluding carboxylic acids is 1. The number of rotatable bonds is 8. The first-order valence-electron chi connectivity index (χ1n) is 10.0. The molecule has 3 aromatic carbocycles. The fraction of sp³-hybridized carbons (Fsp3) is 0.120. The number of anilines is 1. The molecule has 34 heavy (non-hydrogen) atoms. The van der Waals surface area contributed by atoms with Crippen molar-refractivity contribution in [1.29, 1.82) is 5.26 Å². The zero-order chi connectivity index (χ0) is 24.7. The van der Waals surface area contributed by atoms with Gasteiger partial charge in [-0.3, -0.25) is 4.79 Å². The fourth-order valence-corrected chi connectivity index (χ4v) is 3.75. The Balaban J connectivity index is 1.84. The van der Waals surface area contributed by atoms with Crippen LogP contribution in [0.5, 0.6) is 11.5 Å². The predicted molar refractivity (Wildman–Crippen MR) is 140 cm³/mol. The molecular formula is C25H18BrCl3N2O3. The lowest BCUT2D eigenvalue weighted by Gasteiger charge is -2.14. The Bertz CT molecular complexity index is 1270. The largest absolute Gasteiger partial charge is 0.490 e. The molecule has 3 rings (SSSR count). The summed E-state index contributed by atoms with van der Waals surface area (Å²) in [5.74, 6) is 0.406. The minimum Gasteiger partial charge on any atom is -0.490 e. The first-order valence-corrected chi connectivity index (χ1v) is 11.9. The Morgan fingerprint density at radius 3 is 2.38 bits per heavy atom. The Kier molecular flexibility index (Phi) is 9.26. The van der Waals surface area contributed by atoms with E-state index in [2.05, 4.69) is 21.2 Å². The van der Waals surface area contributed by atoms with Crippen molar-refractivity contribution in [3.05, 3.63) is 90.8 Å². The van der Waals surface area contributed by atoms with Crippen LogP contribution in [-0.4, -0.2) is 12.5 Å². The zero-order valence-electron chi connectivity index (χ0n) is 17.9. The van der Waals surface area contributed by atoms with Gasteiger partial charge in [-0.15, -0.1) is 0 Å². The quantitative estimate of drug-likeness (QED) is 0.217. The van der Waals surface area contributed by atoms with Gasteiger partial charge < -0.3 is 14.8 Å². The molecule has 3 aromatic rings. The van der Waals surface area contributed by atoms with Crippen molar-refractivity contribution in [3.8, 4) is 17.6 Å². The maximum atomic E-state index is 12.6. The number of nitrogens with one attached hydrogen (secondary N) is 1. The highest BCUT2D eigenvalue weighted by Gasteiger charge is 2.15. The van der Waals surface area contributed by atoms with Gasteiger partial charge in [0.05, 0.1) is 16.7 Å². The normalized spacial score (nSPS) is 11.0. The van der Waals surface area contributed by atoms with Crippen molar-refractivity contribution >= 4 is 68.4 Å². The minimum atomic E-state index is -0.547. The topological polar surface area (TPSA) is 71.3 Å². The average Bonchev–Trinajstić information content (AvgIpc) is 2.81. The van der Waals surface area contributed by atoms with Crippen LogP contribution in [0.15, 0.2) is 64.6 Å². The van der Waals surface area contributed by atoms with Gasteiger partial charge in [0.1, 0.15) is 18.2 Å². The second-order valence-electron chi connectivity index (χ2n) is 6.92. The van der Waals surface area contributed by atoms with Crippen LogP contribution >= 0.6 is 50.7 Å². The van der Waals surface area contributed by atoms with Crippen LogP contribution in [0.25, 0.3) is 6.08 Å². The summed E-state index contributed by atoms with van der Waals surface area (Å²) in [5, 5.41) is 13.7. The Labute approximate surface area is 221 Å². The average molecular weight is 581 g/mol. The van der Waals surface area contributed by atoms with E-state index in [1.807, 2.05) is 19.1 Å². The smallest absolute Gasteiger partial charge is 0.266 e. The van der Waals surface area contributed by atoms with Crippen LogP contribution in [0.4, 0.5) is 5.69 Å². The van der Waals surface area contributed by atoms with Gasteiger partial charge >= 0.3 is 0 Å². The van der Waals surface area contributed by atoms with Crippen molar-refractivity contribution in [2.75, 3.05) is 11.9 Å². The Morgan fingerprint density at radius 2 is 1.74 bits per heavy atom. The molecule has 9 heteroatoms. The van der Waals surface area contributed by atoms with Crippen LogP contribution in [0.2, 0.25) is 15.1 Å². The molecule has 5 nitrogen and oxygen atoms in total. The highest BCUT2D eigenvalue weighted by Crippen LogP contribution is 2.36. The Hall–Kier alpha value is -2.69. The number of nitrogens with zero attached hydrogens (tertiary/aromatic N) is 1. The van der Waals surface area contributed by atoms with Crippen molar-refractivity contribution < 1.29 is 14.3 Å². The molecule has 0 saturated carbocycles. The van der Waals surface area contributed by atoms with E-state index in [0.29, 0.717) is 48.9 Å². The number of hydrogen-bond acceptors (Lipinski definition) is 4. The molecular weight excluding hydrogens is 563 g/mol. The first-order chi connectivity index (χ1) is 16.3. The van der Waals surface area contributed by atoms with E-state index in [1.54, 1.807) is 48.5 Å². The minimum absolute atomic E-state index is 0.0810. The molecule has 0 aliphatic rings. The molecule has 0 spiro atoms. The van der Waals surface area contributed by atoms with Gasteiger partial charge in [-0.25, -0.2) is 0 Å². The summed E-state index contributed by atoms with van der Waals surface area (Å²) in [6.07, 6.45) is 1.47. The summed E-state index contributed by atoms with van der Waals surface area (Å²) < 4.78 is 12.3. The molecule has 0 aliphatic carbocycles. The van der Waals surface area contributed by atoms with Crippen LogP contribution in [0.1, 0.15) is 18.1 Å². The molecule has 0 radical (unpaired) electrons. The molecule has 0 saturated heterocycles. The van der Waals surface area contributed by atoms with E-state index in [0.717, 1.165) is 5.56 Å². The molecule has 0 heterocycles.